The molecule has 4 aliphatic rings. The number of hydrogen-bond acceptors (Lipinski definition) is 9. The van der Waals surface area contributed by atoms with Crippen LogP contribution in [-0.4, -0.2) is 66.3 Å². The number of nitrogens with one attached hydrogen (secondary N) is 1. The number of rotatable bonds is 6. The molecule has 4 unspecified atom stereocenters. The van der Waals surface area contributed by atoms with E-state index in [1.54, 1.807) is 0 Å². The van der Waals surface area contributed by atoms with E-state index in [1.165, 1.54) is 22.9 Å². The molecular formula is C21H30N6O4. The highest BCUT2D eigenvalue weighted by Gasteiger charge is 2.50. The Morgan fingerprint density at radius 1 is 1.29 bits per heavy atom. The second-order valence-electron chi connectivity index (χ2n) is 9.48. The predicted octanol–water partition coefficient (Wildman–Crippen LogP) is 0.814. The summed E-state index contributed by atoms with van der Waals surface area (Å²) >= 11 is 0. The molecule has 0 amide bonds. The molecule has 1 aliphatic heterocycles. The molecule has 0 spiro atoms. The van der Waals surface area contributed by atoms with E-state index < -0.39 is 31.1 Å². The number of nitrogens with two attached hydrogens (primary N) is 1. The van der Waals surface area contributed by atoms with Crippen LogP contribution in [0.25, 0.3) is 11.2 Å². The summed E-state index contributed by atoms with van der Waals surface area (Å²) in [5, 5.41) is 33.0. The molecule has 168 valence electrons. The molecule has 31 heavy (non-hydrogen) atoms. The van der Waals surface area contributed by atoms with E-state index in [0.29, 0.717) is 35.0 Å². The standard InChI is InChI=1S/C21H30N6O4/c1-21(2)11-4-3-10(12(21)7-11)5-6-23-20-25-17(22)14-18(26-20)27(9-24-14)19-16(30)15(29)13(8-28)31-19/h3,9,11-13,15-16,19,28-30H,4-8H2,1-2H3,(H3,22,23,25,26)/t11?,12?,13-,15?,16?,19-/m1/s1. The summed E-state index contributed by atoms with van der Waals surface area (Å²) in [6.07, 6.45) is 2.97. The minimum atomic E-state index is -1.23. The Hall–Kier alpha value is -2.27. The number of anilines is 2. The van der Waals surface area contributed by atoms with Crippen LogP contribution in [0.1, 0.15) is 39.3 Å². The SMILES string of the molecule is CC1(C)C2CC=C(CCNc3nc(N)c4ncn([C@@H]5O[C@H](CO)C(O)C5O)c4n3)C1C2. The zero-order chi connectivity index (χ0) is 21.9. The van der Waals surface area contributed by atoms with Crippen LogP contribution < -0.4 is 11.1 Å². The van der Waals surface area contributed by atoms with Crippen molar-refractivity contribution in [3.05, 3.63) is 18.0 Å². The van der Waals surface area contributed by atoms with E-state index in [1.807, 2.05) is 0 Å². The number of aromatic nitrogens is 4. The van der Waals surface area contributed by atoms with Crippen molar-refractivity contribution in [1.29, 1.82) is 0 Å². The van der Waals surface area contributed by atoms with Crippen molar-refractivity contribution in [3.63, 3.8) is 0 Å². The minimum Gasteiger partial charge on any atom is -0.394 e. The fourth-order valence-electron chi connectivity index (χ4n) is 5.39. The first-order valence-electron chi connectivity index (χ1n) is 10.9. The molecule has 6 rings (SSSR count). The number of nitrogens with zero attached hydrogens (tertiary/aromatic N) is 4. The van der Waals surface area contributed by atoms with Crippen LogP contribution in [0.4, 0.5) is 11.8 Å². The summed E-state index contributed by atoms with van der Waals surface area (Å²) in [6, 6.07) is 0. The predicted molar refractivity (Wildman–Crippen MR) is 114 cm³/mol. The maximum Gasteiger partial charge on any atom is 0.226 e. The van der Waals surface area contributed by atoms with E-state index in [0.717, 1.165) is 18.8 Å². The molecule has 10 nitrogen and oxygen atoms in total. The quantitative estimate of drug-likeness (QED) is 0.419. The first kappa shape index (κ1) is 20.6. The van der Waals surface area contributed by atoms with Gasteiger partial charge in [0.1, 0.15) is 23.8 Å². The van der Waals surface area contributed by atoms with Crippen LogP contribution >= 0.6 is 0 Å². The summed E-state index contributed by atoms with van der Waals surface area (Å²) in [5.41, 5.74) is 8.78. The van der Waals surface area contributed by atoms with Gasteiger partial charge in [-0.2, -0.15) is 9.97 Å². The number of aliphatic hydroxyl groups is 3. The van der Waals surface area contributed by atoms with Gasteiger partial charge in [-0.1, -0.05) is 25.5 Å². The summed E-state index contributed by atoms with van der Waals surface area (Å²) < 4.78 is 7.12. The van der Waals surface area contributed by atoms with Crippen molar-refractivity contribution in [2.45, 2.75) is 57.6 Å². The summed E-state index contributed by atoms with van der Waals surface area (Å²) in [4.78, 5) is 13.1. The van der Waals surface area contributed by atoms with Gasteiger partial charge in [0.2, 0.25) is 5.95 Å². The summed E-state index contributed by atoms with van der Waals surface area (Å²) in [7, 11) is 0. The minimum absolute atomic E-state index is 0.220. The smallest absolute Gasteiger partial charge is 0.226 e. The number of allylic oxidation sites excluding steroid dienone is 1. The number of hydrogen-bond donors (Lipinski definition) is 5. The second kappa shape index (κ2) is 7.40. The molecule has 3 aliphatic carbocycles. The fraction of sp³-hybridized carbons (Fsp3) is 0.667. The summed E-state index contributed by atoms with van der Waals surface area (Å²) in [6.45, 7) is 5.02. The van der Waals surface area contributed by atoms with Gasteiger partial charge < -0.3 is 31.1 Å². The Balaban J connectivity index is 1.33. The normalized spacial score (nSPS) is 33.9. The third-order valence-corrected chi connectivity index (χ3v) is 7.52. The van der Waals surface area contributed by atoms with Crippen molar-refractivity contribution >= 4 is 22.9 Å². The number of ether oxygens (including phenoxy) is 1. The average molecular weight is 431 g/mol. The molecule has 2 aromatic rings. The molecule has 3 heterocycles. The topological polar surface area (TPSA) is 152 Å². The first-order chi connectivity index (χ1) is 14.8. The lowest BCUT2D eigenvalue weighted by atomic mass is 9.48. The van der Waals surface area contributed by atoms with Gasteiger partial charge in [0.25, 0.3) is 0 Å². The highest BCUT2D eigenvalue weighted by molar-refractivity contribution is 5.83. The van der Waals surface area contributed by atoms with Gasteiger partial charge >= 0.3 is 0 Å². The van der Waals surface area contributed by atoms with Crippen LogP contribution in [0.15, 0.2) is 18.0 Å². The Labute approximate surface area is 180 Å². The van der Waals surface area contributed by atoms with Crippen LogP contribution in [0.3, 0.4) is 0 Å². The van der Waals surface area contributed by atoms with Crippen LogP contribution in [0, 0.1) is 17.3 Å². The molecule has 6 atom stereocenters. The lowest BCUT2D eigenvalue weighted by Crippen LogP contribution is -2.48. The third kappa shape index (κ3) is 3.20. The highest BCUT2D eigenvalue weighted by atomic mass is 16.6. The molecular weight excluding hydrogens is 400 g/mol. The van der Waals surface area contributed by atoms with Crippen molar-refractivity contribution in [2.24, 2.45) is 17.3 Å². The van der Waals surface area contributed by atoms with Gasteiger partial charge in [-0.3, -0.25) is 4.57 Å². The van der Waals surface area contributed by atoms with Gasteiger partial charge in [0, 0.05) is 6.54 Å². The first-order valence-corrected chi connectivity index (χ1v) is 10.9. The lowest BCUT2D eigenvalue weighted by molar-refractivity contribution is -0.0511. The average Bonchev–Trinajstić information content (AvgIpc) is 3.29. The third-order valence-electron chi connectivity index (χ3n) is 7.52. The zero-order valence-electron chi connectivity index (χ0n) is 17.8. The molecule has 2 bridgehead atoms. The molecule has 0 radical (unpaired) electrons. The van der Waals surface area contributed by atoms with Gasteiger partial charge in [0.05, 0.1) is 12.9 Å². The Kier molecular flexibility index (Phi) is 4.93. The molecule has 1 saturated carbocycles. The van der Waals surface area contributed by atoms with E-state index in [2.05, 4.69) is 40.2 Å². The molecule has 10 heteroatoms. The number of imidazole rings is 1. The van der Waals surface area contributed by atoms with E-state index >= 15 is 0 Å². The maximum absolute atomic E-state index is 10.4. The lowest BCUT2D eigenvalue weighted by Gasteiger charge is -2.56. The van der Waals surface area contributed by atoms with Crippen molar-refractivity contribution in [1.82, 2.24) is 19.5 Å². The fourth-order valence-corrected chi connectivity index (χ4v) is 5.39. The van der Waals surface area contributed by atoms with Crippen LogP contribution in [0.2, 0.25) is 0 Å². The van der Waals surface area contributed by atoms with Crippen molar-refractivity contribution < 1.29 is 20.1 Å². The van der Waals surface area contributed by atoms with E-state index in [9.17, 15) is 15.3 Å². The van der Waals surface area contributed by atoms with Gasteiger partial charge in [0.15, 0.2) is 17.7 Å². The van der Waals surface area contributed by atoms with Crippen LogP contribution in [0.5, 0.6) is 0 Å². The van der Waals surface area contributed by atoms with Crippen molar-refractivity contribution in [3.8, 4) is 0 Å². The Bertz CT molecular complexity index is 1020. The Morgan fingerprint density at radius 2 is 2.10 bits per heavy atom. The zero-order valence-corrected chi connectivity index (χ0v) is 17.8. The number of fused-ring (bicyclic) bond motifs is 2. The van der Waals surface area contributed by atoms with Gasteiger partial charge in [-0.25, -0.2) is 4.98 Å². The number of aliphatic hydroxyl groups excluding tert-OH is 3. The maximum atomic E-state index is 10.4. The van der Waals surface area contributed by atoms with E-state index in [4.69, 9.17) is 10.5 Å². The Morgan fingerprint density at radius 3 is 2.77 bits per heavy atom. The van der Waals surface area contributed by atoms with Gasteiger partial charge in [-0.05, 0) is 36.5 Å². The molecule has 0 aromatic carbocycles. The molecule has 2 fully saturated rings. The highest BCUT2D eigenvalue weighted by Crippen LogP contribution is 2.59. The number of nitrogen functional groups attached to an aromatic ring is 1. The van der Waals surface area contributed by atoms with Gasteiger partial charge in [-0.15, -0.1) is 0 Å². The van der Waals surface area contributed by atoms with E-state index in [-0.39, 0.29) is 5.82 Å². The molecule has 6 N–H and O–H groups in total. The second-order valence-corrected chi connectivity index (χ2v) is 9.48. The molecule has 2 aromatic heterocycles. The summed E-state index contributed by atoms with van der Waals surface area (Å²) in [5.74, 6) is 2.07. The largest absolute Gasteiger partial charge is 0.394 e. The van der Waals surface area contributed by atoms with Crippen molar-refractivity contribution in [2.75, 3.05) is 24.2 Å². The van der Waals surface area contributed by atoms with Crippen LogP contribution in [-0.2, 0) is 4.74 Å². The molecule has 1 saturated heterocycles. The monoisotopic (exact) mass is 430 g/mol.